The average molecular weight is 392 g/mol. The van der Waals surface area contributed by atoms with Crippen molar-refractivity contribution in [1.82, 2.24) is 14.6 Å². The first-order chi connectivity index (χ1) is 11.3. The van der Waals surface area contributed by atoms with Gasteiger partial charge in [0.05, 0.1) is 10.9 Å². The molecule has 0 atom stereocenters. The Labute approximate surface area is 149 Å². The molecule has 24 heavy (non-hydrogen) atoms. The molecule has 0 aromatic carbocycles. The number of amides is 1. The standard InChI is InChI=1S/C14H18ClN3O4S2/c1-4-18(5-2)14(19)13-9(3)22-11(17-13)8-16-24(20,21)12-7-6-10(15)23-12/h6-7,16H,4-5,8H2,1-3H3. The maximum absolute atomic E-state index is 12.3. The Balaban J connectivity index is 2.12. The third-order valence-corrected chi connectivity index (χ3v) is 6.45. The summed E-state index contributed by atoms with van der Waals surface area (Å²) in [4.78, 5) is 18.1. The quantitative estimate of drug-likeness (QED) is 0.783. The Hall–Kier alpha value is -1.42. The van der Waals surface area contributed by atoms with E-state index in [2.05, 4.69) is 9.71 Å². The maximum atomic E-state index is 12.3. The number of aromatic nitrogens is 1. The first kappa shape index (κ1) is 18.9. The van der Waals surface area contributed by atoms with Crippen LogP contribution in [0.1, 0.15) is 36.0 Å². The van der Waals surface area contributed by atoms with E-state index in [-0.39, 0.29) is 28.2 Å². The molecule has 0 saturated heterocycles. The highest BCUT2D eigenvalue weighted by molar-refractivity contribution is 7.91. The lowest BCUT2D eigenvalue weighted by atomic mass is 10.3. The number of carbonyl (C=O) groups is 1. The van der Waals surface area contributed by atoms with E-state index in [0.717, 1.165) is 11.3 Å². The summed E-state index contributed by atoms with van der Waals surface area (Å²) in [5, 5.41) is 0. The van der Waals surface area contributed by atoms with Crippen LogP contribution in [0.5, 0.6) is 0 Å². The number of sulfonamides is 1. The molecule has 1 amide bonds. The van der Waals surface area contributed by atoms with Crippen LogP contribution in [0.25, 0.3) is 0 Å². The van der Waals surface area contributed by atoms with E-state index in [1.165, 1.54) is 12.1 Å². The molecule has 2 heterocycles. The molecule has 10 heteroatoms. The van der Waals surface area contributed by atoms with Crippen LogP contribution in [-0.2, 0) is 16.6 Å². The van der Waals surface area contributed by atoms with Gasteiger partial charge in [-0.15, -0.1) is 11.3 Å². The molecule has 0 fully saturated rings. The molecular formula is C14H18ClN3O4S2. The van der Waals surface area contributed by atoms with E-state index in [1.54, 1.807) is 11.8 Å². The van der Waals surface area contributed by atoms with Gasteiger partial charge < -0.3 is 9.32 Å². The minimum Gasteiger partial charge on any atom is -0.444 e. The van der Waals surface area contributed by atoms with Gasteiger partial charge in [0, 0.05) is 13.1 Å². The number of hydrogen-bond acceptors (Lipinski definition) is 6. The molecule has 2 aromatic heterocycles. The Morgan fingerprint density at radius 1 is 1.38 bits per heavy atom. The van der Waals surface area contributed by atoms with Crippen molar-refractivity contribution < 1.29 is 17.6 Å². The number of rotatable bonds is 7. The zero-order valence-electron chi connectivity index (χ0n) is 13.5. The van der Waals surface area contributed by atoms with Crippen molar-refractivity contribution in [3.05, 3.63) is 33.8 Å². The second kappa shape index (κ2) is 7.64. The number of nitrogens with zero attached hydrogens (tertiary/aromatic N) is 2. The summed E-state index contributed by atoms with van der Waals surface area (Å²) in [7, 11) is -3.70. The minimum atomic E-state index is -3.70. The molecule has 0 bridgehead atoms. The van der Waals surface area contributed by atoms with Crippen molar-refractivity contribution in [1.29, 1.82) is 0 Å². The number of oxazole rings is 1. The van der Waals surface area contributed by atoms with Crippen molar-refractivity contribution >= 4 is 38.9 Å². The second-order valence-corrected chi connectivity index (χ2v) is 8.58. The predicted molar refractivity (Wildman–Crippen MR) is 91.8 cm³/mol. The topological polar surface area (TPSA) is 92.5 Å². The van der Waals surface area contributed by atoms with Crippen LogP contribution in [0.4, 0.5) is 0 Å². The van der Waals surface area contributed by atoms with E-state index in [0.29, 0.717) is 23.2 Å². The van der Waals surface area contributed by atoms with Crippen molar-refractivity contribution in [2.75, 3.05) is 13.1 Å². The Kier molecular flexibility index (Phi) is 6.02. The van der Waals surface area contributed by atoms with Crippen LogP contribution in [0.2, 0.25) is 4.34 Å². The molecule has 2 aromatic rings. The third kappa shape index (κ3) is 4.15. The van der Waals surface area contributed by atoms with E-state index in [4.69, 9.17) is 16.0 Å². The molecule has 0 aliphatic heterocycles. The normalized spacial score (nSPS) is 11.7. The lowest BCUT2D eigenvalue weighted by molar-refractivity contribution is 0.0766. The predicted octanol–water partition coefficient (Wildman–Crippen LogP) is 2.66. The summed E-state index contributed by atoms with van der Waals surface area (Å²) in [5.41, 5.74) is 0.201. The molecule has 0 radical (unpaired) electrons. The molecule has 0 aliphatic rings. The fraction of sp³-hybridized carbons (Fsp3) is 0.429. The highest BCUT2D eigenvalue weighted by atomic mass is 35.5. The monoisotopic (exact) mass is 391 g/mol. The molecular weight excluding hydrogens is 374 g/mol. The number of nitrogens with one attached hydrogen (secondary N) is 1. The molecule has 0 aliphatic carbocycles. The smallest absolute Gasteiger partial charge is 0.276 e. The lowest BCUT2D eigenvalue weighted by Crippen LogP contribution is -2.31. The van der Waals surface area contributed by atoms with Crippen LogP contribution >= 0.6 is 22.9 Å². The number of halogens is 1. The van der Waals surface area contributed by atoms with Gasteiger partial charge >= 0.3 is 0 Å². The summed E-state index contributed by atoms with van der Waals surface area (Å²) in [6.45, 7) is 6.34. The molecule has 0 unspecified atom stereocenters. The highest BCUT2D eigenvalue weighted by Gasteiger charge is 2.22. The van der Waals surface area contributed by atoms with Crippen LogP contribution < -0.4 is 4.72 Å². The van der Waals surface area contributed by atoms with Gasteiger partial charge in [-0.1, -0.05) is 11.6 Å². The van der Waals surface area contributed by atoms with E-state index in [1.807, 2.05) is 13.8 Å². The van der Waals surface area contributed by atoms with Crippen molar-refractivity contribution in [3.63, 3.8) is 0 Å². The van der Waals surface area contributed by atoms with Gasteiger partial charge in [-0.25, -0.2) is 18.1 Å². The number of hydrogen-bond donors (Lipinski definition) is 1. The largest absolute Gasteiger partial charge is 0.444 e. The van der Waals surface area contributed by atoms with Gasteiger partial charge in [0.1, 0.15) is 9.97 Å². The Morgan fingerprint density at radius 3 is 2.58 bits per heavy atom. The zero-order valence-corrected chi connectivity index (χ0v) is 15.9. The molecule has 132 valence electrons. The Morgan fingerprint density at radius 2 is 2.04 bits per heavy atom. The fourth-order valence-corrected chi connectivity index (χ4v) is 4.56. The zero-order chi connectivity index (χ0) is 17.9. The Bertz CT molecular complexity index is 825. The van der Waals surface area contributed by atoms with Gasteiger partial charge in [0.15, 0.2) is 5.69 Å². The molecule has 0 spiro atoms. The number of aryl methyl sites for hydroxylation is 1. The van der Waals surface area contributed by atoms with Crippen LogP contribution in [0.15, 0.2) is 20.8 Å². The van der Waals surface area contributed by atoms with Crippen LogP contribution in [-0.4, -0.2) is 37.3 Å². The maximum Gasteiger partial charge on any atom is 0.276 e. The van der Waals surface area contributed by atoms with E-state index < -0.39 is 10.0 Å². The van der Waals surface area contributed by atoms with Crippen molar-refractivity contribution in [2.45, 2.75) is 31.5 Å². The average Bonchev–Trinajstić information content (AvgIpc) is 3.13. The molecule has 7 nitrogen and oxygen atoms in total. The highest BCUT2D eigenvalue weighted by Crippen LogP contribution is 2.25. The minimum absolute atomic E-state index is 0.107. The van der Waals surface area contributed by atoms with Crippen LogP contribution in [0, 0.1) is 6.92 Å². The SMILES string of the molecule is CCN(CC)C(=O)c1nc(CNS(=O)(=O)c2ccc(Cl)s2)oc1C. The molecule has 1 N–H and O–H groups in total. The van der Waals surface area contributed by atoms with Crippen LogP contribution in [0.3, 0.4) is 0 Å². The number of thiophene rings is 1. The van der Waals surface area contributed by atoms with Crippen molar-refractivity contribution in [2.24, 2.45) is 0 Å². The van der Waals surface area contributed by atoms with Gasteiger partial charge in [0.2, 0.25) is 5.89 Å². The van der Waals surface area contributed by atoms with Gasteiger partial charge in [-0.05, 0) is 32.9 Å². The third-order valence-electron chi connectivity index (χ3n) is 3.32. The molecule has 2 rings (SSSR count). The van der Waals surface area contributed by atoms with Gasteiger partial charge in [-0.3, -0.25) is 4.79 Å². The fourth-order valence-electron chi connectivity index (χ4n) is 2.06. The van der Waals surface area contributed by atoms with E-state index in [9.17, 15) is 13.2 Å². The summed E-state index contributed by atoms with van der Waals surface area (Å²) < 4.78 is 32.6. The first-order valence-corrected chi connectivity index (χ1v) is 9.96. The summed E-state index contributed by atoms with van der Waals surface area (Å²) in [6.07, 6.45) is 0. The van der Waals surface area contributed by atoms with Crippen molar-refractivity contribution in [3.8, 4) is 0 Å². The molecule has 0 saturated carbocycles. The lowest BCUT2D eigenvalue weighted by Gasteiger charge is -2.16. The second-order valence-electron chi connectivity index (χ2n) is 4.87. The number of carbonyl (C=O) groups excluding carboxylic acids is 1. The summed E-state index contributed by atoms with van der Waals surface area (Å²) >= 11 is 6.71. The van der Waals surface area contributed by atoms with E-state index >= 15 is 0 Å². The summed E-state index contributed by atoms with van der Waals surface area (Å²) in [6, 6.07) is 2.93. The summed E-state index contributed by atoms with van der Waals surface area (Å²) in [5.74, 6) is 0.259. The van der Waals surface area contributed by atoms with Gasteiger partial charge in [-0.2, -0.15) is 0 Å². The first-order valence-electron chi connectivity index (χ1n) is 7.29. The van der Waals surface area contributed by atoms with Gasteiger partial charge in [0.25, 0.3) is 15.9 Å².